The zero-order chi connectivity index (χ0) is 25.4. The molecule has 0 fully saturated rings. The van der Waals surface area contributed by atoms with Crippen LogP contribution in [-0.2, 0) is 0 Å². The predicted molar refractivity (Wildman–Crippen MR) is 138 cm³/mol. The number of rotatable bonds is 8. The van der Waals surface area contributed by atoms with Crippen LogP contribution in [0.4, 0.5) is 0 Å². The van der Waals surface area contributed by atoms with Gasteiger partial charge in [-0.3, -0.25) is 14.5 Å². The summed E-state index contributed by atoms with van der Waals surface area (Å²) < 4.78 is 7.63. The van der Waals surface area contributed by atoms with Crippen LogP contribution < -0.4 is 4.74 Å². The van der Waals surface area contributed by atoms with Crippen molar-refractivity contribution in [1.82, 2.24) is 4.90 Å². The van der Waals surface area contributed by atoms with Gasteiger partial charge in [0.05, 0.1) is 48.8 Å². The van der Waals surface area contributed by atoms with Gasteiger partial charge in [-0.15, -0.1) is 0 Å². The van der Waals surface area contributed by atoms with Crippen LogP contribution in [0.15, 0.2) is 30.3 Å². The minimum Gasteiger partial charge on any atom is -0.487 e. The van der Waals surface area contributed by atoms with Crippen molar-refractivity contribution in [3.05, 3.63) is 41.5 Å². The van der Waals surface area contributed by atoms with Crippen LogP contribution in [0.2, 0.25) is 0 Å². The highest BCUT2D eigenvalue weighted by Gasteiger charge is 2.33. The number of carbonyl (C=O) groups is 2. The Hall–Kier alpha value is -2.44. The molecule has 0 aliphatic carbocycles. The number of ether oxygens (including phenoxy) is 1. The first-order valence-corrected chi connectivity index (χ1v) is 12.1. The summed E-state index contributed by atoms with van der Waals surface area (Å²) in [5.41, 5.74) is 1.17. The number of hydrogen-bond acceptors (Lipinski definition) is 3. The molecule has 0 unspecified atom stereocenters. The summed E-state index contributed by atoms with van der Waals surface area (Å²) in [4.78, 5) is 27.6. The smallest absolute Gasteiger partial charge is 0.261 e. The number of benzene rings is 2. The minimum absolute atomic E-state index is 0.210. The molecular weight excluding hydrogens is 414 g/mol. The summed E-state index contributed by atoms with van der Waals surface area (Å²) in [6, 6.07) is 9.26. The second kappa shape index (κ2) is 12.1. The maximum absolute atomic E-state index is 13.1. The summed E-state index contributed by atoms with van der Waals surface area (Å²) in [6.07, 6.45) is 0.776. The number of imide groups is 1. The fourth-order valence-electron chi connectivity index (χ4n) is 3.58. The molecule has 0 radical (unpaired) electrons. The van der Waals surface area contributed by atoms with Crippen molar-refractivity contribution in [2.45, 2.75) is 34.1 Å². The molecular formula is C27H45N3O3+2. The van der Waals surface area contributed by atoms with Crippen molar-refractivity contribution in [3.63, 3.8) is 0 Å². The Morgan fingerprint density at radius 3 is 1.85 bits per heavy atom. The predicted octanol–water partition coefficient (Wildman–Crippen LogP) is 4.67. The van der Waals surface area contributed by atoms with E-state index in [9.17, 15) is 9.59 Å². The van der Waals surface area contributed by atoms with E-state index in [1.807, 2.05) is 52.0 Å². The van der Waals surface area contributed by atoms with Crippen LogP contribution in [0.5, 0.6) is 5.75 Å². The number of amides is 2. The largest absolute Gasteiger partial charge is 0.487 e. The third-order valence-corrected chi connectivity index (χ3v) is 5.18. The lowest BCUT2D eigenvalue weighted by Crippen LogP contribution is -2.43. The molecule has 0 saturated heterocycles. The monoisotopic (exact) mass is 459 g/mol. The van der Waals surface area contributed by atoms with Gasteiger partial charge in [-0.25, -0.2) is 0 Å². The maximum atomic E-state index is 13.1. The molecule has 0 atom stereocenters. The highest BCUT2D eigenvalue weighted by atomic mass is 16.5. The molecule has 6 nitrogen and oxygen atoms in total. The molecule has 1 heterocycles. The van der Waals surface area contributed by atoms with E-state index in [0.717, 1.165) is 39.6 Å². The number of quaternary nitrogens is 2. The Morgan fingerprint density at radius 1 is 0.758 bits per heavy atom. The molecule has 0 spiro atoms. The summed E-state index contributed by atoms with van der Waals surface area (Å²) >= 11 is 0. The standard InChI is InChI=1S/C23H33N3O3.2C2H6/c1-25(2,3)14-8-13-24-22(27)18-10-7-9-17-20(29-16-15-26(4,5)6)12-11-19(21(17)18)23(24)28;2*1-2/h7,9-12H,8,13-16H2,1-6H3;2*1-2H3/q+2;;. The van der Waals surface area contributed by atoms with Crippen LogP contribution in [0.3, 0.4) is 0 Å². The van der Waals surface area contributed by atoms with Crippen LogP contribution in [-0.4, -0.2) is 94.2 Å². The van der Waals surface area contributed by atoms with E-state index in [1.54, 1.807) is 6.07 Å². The Morgan fingerprint density at radius 2 is 1.30 bits per heavy atom. The highest BCUT2D eigenvalue weighted by molar-refractivity contribution is 6.26. The van der Waals surface area contributed by atoms with Gasteiger partial charge >= 0.3 is 0 Å². The Bertz CT molecular complexity index is 918. The highest BCUT2D eigenvalue weighted by Crippen LogP contribution is 2.35. The van der Waals surface area contributed by atoms with Gasteiger partial charge in [0.1, 0.15) is 18.9 Å². The lowest BCUT2D eigenvalue weighted by molar-refractivity contribution is -0.870. The van der Waals surface area contributed by atoms with Crippen molar-refractivity contribution in [2.75, 3.05) is 68.5 Å². The van der Waals surface area contributed by atoms with Crippen molar-refractivity contribution >= 4 is 22.6 Å². The van der Waals surface area contributed by atoms with Gasteiger partial charge < -0.3 is 13.7 Å². The van der Waals surface area contributed by atoms with Crippen molar-refractivity contribution in [3.8, 4) is 5.75 Å². The fourth-order valence-corrected chi connectivity index (χ4v) is 3.58. The second-order valence-corrected chi connectivity index (χ2v) is 9.83. The lowest BCUT2D eigenvalue weighted by atomic mass is 9.93. The zero-order valence-corrected chi connectivity index (χ0v) is 22.5. The van der Waals surface area contributed by atoms with Gasteiger partial charge in [0.25, 0.3) is 11.8 Å². The second-order valence-electron chi connectivity index (χ2n) is 9.83. The molecule has 2 aromatic rings. The van der Waals surface area contributed by atoms with E-state index in [1.165, 1.54) is 4.90 Å². The van der Waals surface area contributed by atoms with E-state index in [0.29, 0.717) is 29.7 Å². The number of hydrogen-bond donors (Lipinski definition) is 0. The van der Waals surface area contributed by atoms with Crippen molar-refractivity contribution < 1.29 is 23.3 Å². The van der Waals surface area contributed by atoms with Crippen molar-refractivity contribution in [1.29, 1.82) is 0 Å². The van der Waals surface area contributed by atoms with Gasteiger partial charge in [0.15, 0.2) is 0 Å². The van der Waals surface area contributed by atoms with E-state index < -0.39 is 0 Å². The summed E-state index contributed by atoms with van der Waals surface area (Å²) in [5, 5.41) is 1.54. The molecule has 6 heteroatoms. The molecule has 184 valence electrons. The van der Waals surface area contributed by atoms with E-state index in [4.69, 9.17) is 4.74 Å². The summed E-state index contributed by atoms with van der Waals surface area (Å²) in [6.45, 7) is 10.8. The number of likely N-dealkylation sites (N-methyl/N-ethyl adjacent to an activating group) is 1. The average molecular weight is 460 g/mol. The van der Waals surface area contributed by atoms with E-state index in [2.05, 4.69) is 42.3 Å². The molecule has 1 aliphatic heterocycles. The SMILES string of the molecule is CC.CC.C[N+](C)(C)CCCN1C(=O)c2cccc3c(OCC[N+](C)(C)C)ccc(c23)C1=O. The fraction of sp³-hybridized carbons (Fsp3) is 0.556. The summed E-state index contributed by atoms with van der Waals surface area (Å²) in [7, 11) is 12.7. The quantitative estimate of drug-likeness (QED) is 0.426. The van der Waals surface area contributed by atoms with Crippen molar-refractivity contribution in [2.24, 2.45) is 0 Å². The summed E-state index contributed by atoms with van der Waals surface area (Å²) in [5.74, 6) is 0.300. The Balaban J connectivity index is 0.00000129. The molecule has 0 saturated carbocycles. The molecule has 0 bridgehead atoms. The number of carbonyl (C=O) groups excluding carboxylic acids is 2. The first-order chi connectivity index (χ1) is 15.5. The van der Waals surface area contributed by atoms with Crippen LogP contribution in [0.1, 0.15) is 54.8 Å². The minimum atomic E-state index is -0.210. The van der Waals surface area contributed by atoms with Crippen LogP contribution in [0, 0.1) is 0 Å². The topological polar surface area (TPSA) is 46.6 Å². The van der Waals surface area contributed by atoms with E-state index >= 15 is 0 Å². The third kappa shape index (κ3) is 7.54. The Labute approximate surface area is 200 Å². The van der Waals surface area contributed by atoms with Crippen LogP contribution in [0.25, 0.3) is 10.8 Å². The number of nitrogens with zero attached hydrogens (tertiary/aromatic N) is 3. The molecule has 3 rings (SSSR count). The Kier molecular flexibility index (Phi) is 10.5. The molecule has 33 heavy (non-hydrogen) atoms. The normalized spacial score (nSPS) is 13.2. The van der Waals surface area contributed by atoms with Gasteiger partial charge in [-0.05, 0) is 18.2 Å². The molecule has 1 aliphatic rings. The van der Waals surface area contributed by atoms with Gasteiger partial charge in [-0.1, -0.05) is 39.8 Å². The average Bonchev–Trinajstić information content (AvgIpc) is 2.76. The lowest BCUT2D eigenvalue weighted by Gasteiger charge is -2.29. The maximum Gasteiger partial charge on any atom is 0.261 e. The first kappa shape index (κ1) is 28.6. The molecule has 2 aromatic carbocycles. The van der Waals surface area contributed by atoms with E-state index in [-0.39, 0.29) is 11.8 Å². The molecule has 0 N–H and O–H groups in total. The van der Waals surface area contributed by atoms with Crippen LogP contribution >= 0.6 is 0 Å². The van der Waals surface area contributed by atoms with Gasteiger partial charge in [0, 0.05) is 34.9 Å². The van der Waals surface area contributed by atoms with Gasteiger partial charge in [-0.2, -0.15) is 0 Å². The third-order valence-electron chi connectivity index (χ3n) is 5.18. The zero-order valence-electron chi connectivity index (χ0n) is 22.5. The molecule has 2 amide bonds. The van der Waals surface area contributed by atoms with Gasteiger partial charge in [0.2, 0.25) is 0 Å². The first-order valence-electron chi connectivity index (χ1n) is 12.1. The molecule has 0 aromatic heterocycles.